The minimum atomic E-state index is -0.149. The second-order valence-corrected chi connectivity index (χ2v) is 10.6. The van der Waals surface area contributed by atoms with Gasteiger partial charge in [-0.15, -0.1) is 0 Å². The van der Waals surface area contributed by atoms with Crippen molar-refractivity contribution in [3.63, 3.8) is 0 Å². The molecule has 0 atom stereocenters. The highest BCUT2D eigenvalue weighted by Gasteiger charge is 2.18. The van der Waals surface area contributed by atoms with E-state index in [1.807, 2.05) is 6.07 Å². The van der Waals surface area contributed by atoms with Crippen LogP contribution < -0.4 is 0 Å². The van der Waals surface area contributed by atoms with E-state index in [1.54, 1.807) is 12.1 Å². The average molecular weight is 513 g/mol. The second-order valence-electron chi connectivity index (χ2n) is 10.6. The van der Waals surface area contributed by atoms with Crippen LogP contribution in [-0.2, 0) is 0 Å². The number of aromatic hydroxyl groups is 1. The maximum Gasteiger partial charge on any atom is 0.163 e. The molecular weight excluding hydrogens is 488 g/mol. The van der Waals surface area contributed by atoms with E-state index in [1.165, 1.54) is 66.5 Å². The molecule has 1 N–H and O–H groups in total. The zero-order valence-electron chi connectivity index (χ0n) is 21.9. The molecule has 0 fully saturated rings. The molecule has 0 saturated carbocycles. The molecule has 2 nitrogen and oxygen atoms in total. The van der Waals surface area contributed by atoms with E-state index in [0.29, 0.717) is 5.56 Å². The Balaban J connectivity index is 1.49. The summed E-state index contributed by atoms with van der Waals surface area (Å²) >= 11 is 0. The Morgan fingerprint density at radius 1 is 0.525 bits per heavy atom. The molecule has 2 heteroatoms. The third-order valence-corrected chi connectivity index (χ3v) is 8.39. The topological polar surface area (TPSA) is 37.3 Å². The van der Waals surface area contributed by atoms with Crippen LogP contribution in [0.25, 0.3) is 76.1 Å². The number of fused-ring (bicyclic) bond motifs is 2. The van der Waals surface area contributed by atoms with E-state index in [-0.39, 0.29) is 11.5 Å². The van der Waals surface area contributed by atoms with Gasteiger partial charge in [0.2, 0.25) is 0 Å². The Hall–Kier alpha value is -5.21. The molecule has 0 saturated heterocycles. The summed E-state index contributed by atoms with van der Waals surface area (Å²) < 4.78 is 0. The van der Waals surface area contributed by atoms with Gasteiger partial charge in [0.25, 0.3) is 0 Å². The highest BCUT2D eigenvalue weighted by Crippen LogP contribution is 2.45. The van der Waals surface area contributed by atoms with E-state index >= 15 is 0 Å². The first-order valence-corrected chi connectivity index (χ1v) is 13.5. The summed E-state index contributed by atoms with van der Waals surface area (Å²) in [5.74, 6) is -0.134. The molecule has 0 aliphatic carbocycles. The number of hydrogen-bond donors (Lipinski definition) is 1. The van der Waals surface area contributed by atoms with Gasteiger partial charge in [-0.2, -0.15) is 0 Å². The first-order chi connectivity index (χ1) is 19.6. The third kappa shape index (κ3) is 3.20. The van der Waals surface area contributed by atoms with Crippen LogP contribution in [0.3, 0.4) is 0 Å². The fraction of sp³-hybridized carbons (Fsp3) is 0.0263. The number of rotatable bonds is 3. The molecule has 0 aromatic heterocycles. The number of benzene rings is 8. The van der Waals surface area contributed by atoms with Crippen molar-refractivity contribution in [2.24, 2.45) is 0 Å². The molecular formula is C38H24O2. The molecule has 0 aliphatic heterocycles. The SMILES string of the molecule is CC(=O)c1cc(-c2ccc3ccc4c(-c5c6ccccc6cc6ccccc56)ccc5ccc2c3c54)ccc1O. The fourth-order valence-corrected chi connectivity index (χ4v) is 6.56. The van der Waals surface area contributed by atoms with Crippen LogP contribution in [0, 0.1) is 0 Å². The zero-order chi connectivity index (χ0) is 27.0. The summed E-state index contributed by atoms with van der Waals surface area (Å²) in [7, 11) is 0. The summed E-state index contributed by atoms with van der Waals surface area (Å²) in [5, 5.41) is 22.4. The van der Waals surface area contributed by atoms with Gasteiger partial charge in [0.1, 0.15) is 5.75 Å². The number of Topliss-reactive ketones (excluding diaryl/α,β-unsaturated/α-hetero) is 1. The van der Waals surface area contributed by atoms with Gasteiger partial charge in [0, 0.05) is 0 Å². The lowest BCUT2D eigenvalue weighted by atomic mass is 9.85. The molecule has 8 aromatic rings. The Kier molecular flexibility index (Phi) is 4.77. The van der Waals surface area contributed by atoms with E-state index in [9.17, 15) is 9.90 Å². The maximum atomic E-state index is 12.2. The van der Waals surface area contributed by atoms with Gasteiger partial charge in [-0.25, -0.2) is 0 Å². The smallest absolute Gasteiger partial charge is 0.163 e. The highest BCUT2D eigenvalue weighted by atomic mass is 16.3. The minimum Gasteiger partial charge on any atom is -0.507 e. The molecule has 188 valence electrons. The lowest BCUT2D eigenvalue weighted by Gasteiger charge is -2.18. The van der Waals surface area contributed by atoms with Gasteiger partial charge in [-0.05, 0) is 101 Å². The zero-order valence-corrected chi connectivity index (χ0v) is 21.9. The van der Waals surface area contributed by atoms with Crippen LogP contribution in [0.15, 0.2) is 121 Å². The van der Waals surface area contributed by atoms with Crippen molar-refractivity contribution in [1.29, 1.82) is 0 Å². The second kappa shape index (κ2) is 8.39. The number of ketones is 1. The quantitative estimate of drug-likeness (QED) is 0.145. The normalized spacial score (nSPS) is 11.8. The van der Waals surface area contributed by atoms with E-state index < -0.39 is 0 Å². The average Bonchev–Trinajstić information content (AvgIpc) is 2.99. The molecule has 0 radical (unpaired) electrons. The van der Waals surface area contributed by atoms with Crippen molar-refractivity contribution in [2.45, 2.75) is 6.92 Å². The van der Waals surface area contributed by atoms with Gasteiger partial charge in [-0.3, -0.25) is 4.79 Å². The molecule has 0 spiro atoms. The lowest BCUT2D eigenvalue weighted by Crippen LogP contribution is -1.94. The minimum absolute atomic E-state index is 0.0147. The van der Waals surface area contributed by atoms with Crippen LogP contribution in [0.4, 0.5) is 0 Å². The maximum absolute atomic E-state index is 12.2. The Morgan fingerprint density at radius 3 is 1.70 bits per heavy atom. The van der Waals surface area contributed by atoms with Gasteiger partial charge in [0.15, 0.2) is 5.78 Å². The summed E-state index contributed by atoms with van der Waals surface area (Å²) in [6.45, 7) is 1.49. The molecule has 8 aromatic carbocycles. The van der Waals surface area contributed by atoms with E-state index in [2.05, 4.69) is 103 Å². The molecule has 0 amide bonds. The van der Waals surface area contributed by atoms with Crippen molar-refractivity contribution in [3.8, 4) is 28.0 Å². The van der Waals surface area contributed by atoms with E-state index in [4.69, 9.17) is 0 Å². The molecule has 0 aliphatic rings. The highest BCUT2D eigenvalue weighted by molar-refractivity contribution is 6.29. The van der Waals surface area contributed by atoms with Gasteiger partial charge in [0.05, 0.1) is 5.56 Å². The van der Waals surface area contributed by atoms with Crippen LogP contribution >= 0.6 is 0 Å². The third-order valence-electron chi connectivity index (χ3n) is 8.39. The molecule has 0 heterocycles. The van der Waals surface area contributed by atoms with Crippen LogP contribution in [-0.4, -0.2) is 10.9 Å². The monoisotopic (exact) mass is 512 g/mol. The van der Waals surface area contributed by atoms with Gasteiger partial charge < -0.3 is 5.11 Å². The van der Waals surface area contributed by atoms with E-state index in [0.717, 1.165) is 16.5 Å². The molecule has 0 unspecified atom stereocenters. The molecule has 8 rings (SSSR count). The van der Waals surface area contributed by atoms with Crippen LogP contribution in [0.5, 0.6) is 5.75 Å². The van der Waals surface area contributed by atoms with Crippen molar-refractivity contribution in [2.75, 3.05) is 0 Å². The summed E-state index contributed by atoms with van der Waals surface area (Å²) in [5.41, 5.74) is 4.79. The predicted octanol–water partition coefficient (Wildman–Crippen LogP) is 10.1. The first kappa shape index (κ1) is 22.7. The summed E-state index contributed by atoms with van der Waals surface area (Å²) in [6, 6.07) is 42.6. The van der Waals surface area contributed by atoms with Crippen molar-refractivity contribution in [3.05, 3.63) is 127 Å². The fourth-order valence-electron chi connectivity index (χ4n) is 6.56. The number of phenolic OH excluding ortho intramolecular Hbond substituents is 1. The molecule has 0 bridgehead atoms. The summed E-state index contributed by atoms with van der Waals surface area (Å²) in [4.78, 5) is 12.2. The Bertz CT molecular complexity index is 2250. The summed E-state index contributed by atoms with van der Waals surface area (Å²) in [6.07, 6.45) is 0. The van der Waals surface area contributed by atoms with Gasteiger partial charge >= 0.3 is 0 Å². The Morgan fingerprint density at radius 2 is 1.07 bits per heavy atom. The predicted molar refractivity (Wildman–Crippen MR) is 168 cm³/mol. The number of carbonyl (C=O) groups is 1. The van der Waals surface area contributed by atoms with Gasteiger partial charge in [-0.1, -0.05) is 103 Å². The number of carbonyl (C=O) groups excluding carboxylic acids is 1. The number of hydrogen-bond acceptors (Lipinski definition) is 2. The largest absolute Gasteiger partial charge is 0.507 e. The van der Waals surface area contributed by atoms with Crippen molar-refractivity contribution >= 4 is 59.6 Å². The molecule has 40 heavy (non-hydrogen) atoms. The lowest BCUT2D eigenvalue weighted by molar-refractivity contribution is 0.101. The Labute approximate surface area is 231 Å². The standard InChI is InChI=1S/C38H24O2/c1-22(39)34-21-27(14-19-35(34)40)28-15-10-23-12-17-32-33(18-13-24-11-16-31(28)36(23)37(24)32)38-29-8-4-2-6-25(29)20-26-7-3-5-9-30(26)38/h2-21,40H,1H3. The van der Waals surface area contributed by atoms with Crippen LogP contribution in [0.2, 0.25) is 0 Å². The van der Waals surface area contributed by atoms with Crippen LogP contribution in [0.1, 0.15) is 17.3 Å². The van der Waals surface area contributed by atoms with Crippen molar-refractivity contribution in [1.82, 2.24) is 0 Å². The number of phenols is 1. The van der Waals surface area contributed by atoms with Crippen molar-refractivity contribution < 1.29 is 9.90 Å². The first-order valence-electron chi connectivity index (χ1n) is 13.5.